The number of benzene rings is 1. The summed E-state index contributed by atoms with van der Waals surface area (Å²) in [4.78, 5) is 0. The van der Waals surface area contributed by atoms with Gasteiger partial charge in [-0.2, -0.15) is 0 Å². The van der Waals surface area contributed by atoms with E-state index >= 15 is 0 Å². The van der Waals surface area contributed by atoms with E-state index in [1.807, 2.05) is 0 Å². The summed E-state index contributed by atoms with van der Waals surface area (Å²) in [6, 6.07) is 2.99. The first-order valence-electron chi connectivity index (χ1n) is 4.21. The van der Waals surface area contributed by atoms with Gasteiger partial charge in [0.05, 0.1) is 0 Å². The van der Waals surface area contributed by atoms with E-state index in [0.717, 1.165) is 0 Å². The Morgan fingerprint density at radius 1 is 1.31 bits per heavy atom. The summed E-state index contributed by atoms with van der Waals surface area (Å²) >= 11 is 0. The van der Waals surface area contributed by atoms with E-state index in [2.05, 4.69) is 0 Å². The van der Waals surface area contributed by atoms with Crippen LogP contribution in [0.2, 0.25) is 0 Å². The molecule has 1 unspecified atom stereocenters. The van der Waals surface area contributed by atoms with Crippen LogP contribution in [0.4, 0.5) is 8.78 Å². The highest BCUT2D eigenvalue weighted by atomic mass is 19.2. The predicted molar refractivity (Wildman–Crippen MR) is 48.4 cm³/mol. The molecule has 1 rings (SSSR count). The molecule has 0 heterocycles. The first-order valence-corrected chi connectivity index (χ1v) is 4.21. The Morgan fingerprint density at radius 2 is 1.92 bits per heavy atom. The quantitative estimate of drug-likeness (QED) is 0.750. The minimum Gasteiger partial charge on any atom is -0.328 e. The lowest BCUT2D eigenvalue weighted by Gasteiger charge is -2.07. The fourth-order valence-electron chi connectivity index (χ4n) is 1.19. The Labute approximate surface area is 76.6 Å². The summed E-state index contributed by atoms with van der Waals surface area (Å²) in [6.45, 7) is 3.30. The van der Waals surface area contributed by atoms with Crippen LogP contribution >= 0.6 is 0 Å². The second-order valence-corrected chi connectivity index (χ2v) is 3.35. The van der Waals surface area contributed by atoms with E-state index in [9.17, 15) is 8.78 Å². The van der Waals surface area contributed by atoms with E-state index < -0.39 is 11.6 Å². The van der Waals surface area contributed by atoms with Crippen LogP contribution in [0, 0.1) is 18.6 Å². The van der Waals surface area contributed by atoms with E-state index in [-0.39, 0.29) is 6.04 Å². The molecule has 0 amide bonds. The van der Waals surface area contributed by atoms with E-state index in [1.54, 1.807) is 19.1 Å². The zero-order valence-corrected chi connectivity index (χ0v) is 7.77. The fourth-order valence-corrected chi connectivity index (χ4v) is 1.19. The standard InChI is InChI=1S/C10H13F2N/c1-6-3-4-8(5-7(2)13)10(12)9(6)11/h3-4,7H,5,13H2,1-2H3. The second-order valence-electron chi connectivity index (χ2n) is 3.35. The number of hydrogen-bond acceptors (Lipinski definition) is 1. The van der Waals surface area contributed by atoms with Crippen molar-refractivity contribution in [3.63, 3.8) is 0 Å². The van der Waals surface area contributed by atoms with Crippen LogP contribution < -0.4 is 5.73 Å². The van der Waals surface area contributed by atoms with Gasteiger partial charge >= 0.3 is 0 Å². The lowest BCUT2D eigenvalue weighted by molar-refractivity contribution is 0.490. The SMILES string of the molecule is Cc1ccc(CC(C)N)c(F)c1F. The number of aryl methyl sites for hydroxylation is 1. The highest BCUT2D eigenvalue weighted by molar-refractivity contribution is 5.25. The molecule has 0 radical (unpaired) electrons. The van der Waals surface area contributed by atoms with Crippen molar-refractivity contribution in [1.29, 1.82) is 0 Å². The van der Waals surface area contributed by atoms with Crippen molar-refractivity contribution in [3.05, 3.63) is 34.9 Å². The fraction of sp³-hybridized carbons (Fsp3) is 0.400. The second kappa shape index (κ2) is 3.83. The average Bonchev–Trinajstić information content (AvgIpc) is 2.06. The van der Waals surface area contributed by atoms with E-state index in [0.29, 0.717) is 17.5 Å². The van der Waals surface area contributed by atoms with Gasteiger partial charge in [-0.05, 0) is 31.4 Å². The van der Waals surface area contributed by atoms with Crippen LogP contribution in [0.15, 0.2) is 12.1 Å². The third kappa shape index (κ3) is 2.25. The third-order valence-corrected chi connectivity index (χ3v) is 1.90. The lowest BCUT2D eigenvalue weighted by atomic mass is 10.0. The molecule has 0 saturated heterocycles. The molecular weight excluding hydrogens is 172 g/mol. The Morgan fingerprint density at radius 3 is 2.46 bits per heavy atom. The Balaban J connectivity index is 3.04. The maximum atomic E-state index is 13.2. The Bertz CT molecular complexity index is 308. The summed E-state index contributed by atoms with van der Waals surface area (Å²) in [6.07, 6.45) is 0.364. The number of rotatable bonds is 2. The maximum Gasteiger partial charge on any atom is 0.162 e. The van der Waals surface area contributed by atoms with Crippen LogP contribution in [-0.4, -0.2) is 6.04 Å². The minimum absolute atomic E-state index is 0.156. The number of hydrogen-bond donors (Lipinski definition) is 1. The van der Waals surface area contributed by atoms with Gasteiger partial charge in [-0.1, -0.05) is 12.1 Å². The number of halogens is 2. The van der Waals surface area contributed by atoms with Gasteiger partial charge in [0.2, 0.25) is 0 Å². The molecule has 0 aliphatic carbocycles. The van der Waals surface area contributed by atoms with Crippen LogP contribution in [0.3, 0.4) is 0 Å². The van der Waals surface area contributed by atoms with Crippen molar-refractivity contribution in [1.82, 2.24) is 0 Å². The number of nitrogens with two attached hydrogens (primary N) is 1. The summed E-state index contributed by atoms with van der Waals surface area (Å²) in [5.41, 5.74) is 6.16. The van der Waals surface area contributed by atoms with Crippen molar-refractivity contribution < 1.29 is 8.78 Å². The monoisotopic (exact) mass is 185 g/mol. The average molecular weight is 185 g/mol. The van der Waals surface area contributed by atoms with Crippen LogP contribution in [-0.2, 0) is 6.42 Å². The van der Waals surface area contributed by atoms with Crippen LogP contribution in [0.5, 0.6) is 0 Å². The maximum absolute atomic E-state index is 13.2. The summed E-state index contributed by atoms with van der Waals surface area (Å²) in [5, 5.41) is 0. The highest BCUT2D eigenvalue weighted by Gasteiger charge is 2.11. The molecule has 0 aromatic heterocycles. The zero-order valence-electron chi connectivity index (χ0n) is 7.77. The Hall–Kier alpha value is -0.960. The minimum atomic E-state index is -0.766. The summed E-state index contributed by atoms with van der Waals surface area (Å²) < 4.78 is 26.2. The van der Waals surface area contributed by atoms with Crippen LogP contribution in [0.1, 0.15) is 18.1 Å². The summed E-state index contributed by atoms with van der Waals surface area (Å²) in [5.74, 6) is -1.53. The molecule has 0 bridgehead atoms. The molecule has 13 heavy (non-hydrogen) atoms. The molecule has 0 aliphatic rings. The topological polar surface area (TPSA) is 26.0 Å². The molecule has 72 valence electrons. The van der Waals surface area contributed by atoms with Gasteiger partial charge in [-0.25, -0.2) is 8.78 Å². The smallest absolute Gasteiger partial charge is 0.162 e. The summed E-state index contributed by atoms with van der Waals surface area (Å²) in [7, 11) is 0. The van der Waals surface area contributed by atoms with Gasteiger partial charge in [0.15, 0.2) is 11.6 Å². The lowest BCUT2D eigenvalue weighted by Crippen LogP contribution is -2.19. The Kier molecular flexibility index (Phi) is 2.98. The van der Waals surface area contributed by atoms with Crippen molar-refractivity contribution in [2.45, 2.75) is 26.3 Å². The molecular formula is C10H13F2N. The molecule has 2 N–H and O–H groups in total. The molecule has 3 heteroatoms. The van der Waals surface area contributed by atoms with Gasteiger partial charge in [-0.15, -0.1) is 0 Å². The van der Waals surface area contributed by atoms with Crippen molar-refractivity contribution in [2.24, 2.45) is 5.73 Å². The third-order valence-electron chi connectivity index (χ3n) is 1.90. The molecule has 0 saturated carbocycles. The predicted octanol–water partition coefficient (Wildman–Crippen LogP) is 2.16. The van der Waals surface area contributed by atoms with E-state index in [4.69, 9.17) is 5.73 Å². The molecule has 0 spiro atoms. The normalized spacial score (nSPS) is 13.0. The molecule has 1 aromatic rings. The van der Waals surface area contributed by atoms with Gasteiger partial charge in [0, 0.05) is 6.04 Å². The van der Waals surface area contributed by atoms with Crippen molar-refractivity contribution >= 4 is 0 Å². The van der Waals surface area contributed by atoms with Crippen molar-refractivity contribution in [2.75, 3.05) is 0 Å². The largest absolute Gasteiger partial charge is 0.328 e. The molecule has 0 fully saturated rings. The van der Waals surface area contributed by atoms with Gasteiger partial charge in [0.1, 0.15) is 0 Å². The molecule has 1 nitrogen and oxygen atoms in total. The van der Waals surface area contributed by atoms with Gasteiger partial charge in [0.25, 0.3) is 0 Å². The van der Waals surface area contributed by atoms with E-state index in [1.165, 1.54) is 6.92 Å². The first kappa shape index (κ1) is 10.1. The van der Waals surface area contributed by atoms with Gasteiger partial charge in [-0.3, -0.25) is 0 Å². The zero-order chi connectivity index (χ0) is 10.0. The first-order chi connectivity index (χ1) is 6.02. The van der Waals surface area contributed by atoms with Gasteiger partial charge < -0.3 is 5.73 Å². The molecule has 0 aliphatic heterocycles. The highest BCUT2D eigenvalue weighted by Crippen LogP contribution is 2.16. The molecule has 1 aromatic carbocycles. The van der Waals surface area contributed by atoms with Crippen LogP contribution in [0.25, 0.3) is 0 Å². The molecule has 1 atom stereocenters. The van der Waals surface area contributed by atoms with Crippen molar-refractivity contribution in [3.8, 4) is 0 Å².